The highest BCUT2D eigenvalue weighted by molar-refractivity contribution is 9.10. The van der Waals surface area contributed by atoms with E-state index in [1.165, 1.54) is 12.1 Å². The molecule has 1 aromatic heterocycles. The van der Waals surface area contributed by atoms with E-state index in [1.807, 2.05) is 26.0 Å². The zero-order valence-corrected chi connectivity index (χ0v) is 11.9. The summed E-state index contributed by atoms with van der Waals surface area (Å²) in [6, 6.07) is 8.73. The molecule has 0 saturated heterocycles. The fourth-order valence-corrected chi connectivity index (χ4v) is 2.21. The normalized spacial score (nSPS) is 12.7. The number of hydrogen-bond acceptors (Lipinski definition) is 2. The van der Waals surface area contributed by atoms with E-state index in [9.17, 15) is 4.39 Å². The summed E-state index contributed by atoms with van der Waals surface area (Å²) in [6.07, 6.45) is 0. The molecule has 0 spiro atoms. The fourth-order valence-electron chi connectivity index (χ4n) is 1.71. The van der Waals surface area contributed by atoms with Crippen LogP contribution < -0.4 is 5.32 Å². The second-order valence-corrected chi connectivity index (χ2v) is 5.14. The van der Waals surface area contributed by atoms with Crippen molar-refractivity contribution in [1.82, 2.24) is 5.32 Å². The zero-order valence-electron chi connectivity index (χ0n) is 10.3. The molecule has 0 aliphatic heterocycles. The molecule has 1 aromatic carbocycles. The standard InChI is InChI=1S/C14H15BrFNO/c1-9-3-6-14(18-9)10(2)17-8-11-4-5-12(16)7-13(11)15/h3-7,10,17H,8H2,1-2H3. The minimum absolute atomic E-state index is 0.121. The van der Waals surface area contributed by atoms with Crippen LogP contribution in [0.25, 0.3) is 0 Å². The lowest BCUT2D eigenvalue weighted by Crippen LogP contribution is -2.17. The third kappa shape index (κ3) is 3.21. The minimum Gasteiger partial charge on any atom is -0.465 e. The molecule has 1 heterocycles. The molecule has 96 valence electrons. The quantitative estimate of drug-likeness (QED) is 0.908. The van der Waals surface area contributed by atoms with Crippen molar-refractivity contribution in [3.05, 3.63) is 57.7 Å². The lowest BCUT2D eigenvalue weighted by Gasteiger charge is -2.12. The van der Waals surface area contributed by atoms with E-state index in [0.29, 0.717) is 6.54 Å². The van der Waals surface area contributed by atoms with Gasteiger partial charge in [0.2, 0.25) is 0 Å². The Morgan fingerprint density at radius 2 is 2.11 bits per heavy atom. The lowest BCUT2D eigenvalue weighted by molar-refractivity contribution is 0.415. The summed E-state index contributed by atoms with van der Waals surface area (Å²) < 4.78 is 19.3. The van der Waals surface area contributed by atoms with Crippen molar-refractivity contribution in [2.24, 2.45) is 0 Å². The number of hydrogen-bond donors (Lipinski definition) is 1. The summed E-state index contributed by atoms with van der Waals surface area (Å²) in [7, 11) is 0. The van der Waals surface area contributed by atoms with Gasteiger partial charge in [-0.15, -0.1) is 0 Å². The maximum atomic E-state index is 12.9. The second kappa shape index (κ2) is 5.67. The van der Waals surface area contributed by atoms with Gasteiger partial charge in [-0.2, -0.15) is 0 Å². The largest absolute Gasteiger partial charge is 0.465 e. The van der Waals surface area contributed by atoms with E-state index in [0.717, 1.165) is 21.6 Å². The van der Waals surface area contributed by atoms with Gasteiger partial charge in [0.25, 0.3) is 0 Å². The summed E-state index contributed by atoms with van der Waals surface area (Å²) in [6.45, 7) is 4.62. The molecule has 0 saturated carbocycles. The SMILES string of the molecule is Cc1ccc(C(C)NCc2ccc(F)cc2Br)o1. The van der Waals surface area contributed by atoms with Crippen LogP contribution in [0.4, 0.5) is 4.39 Å². The average Bonchev–Trinajstić information content (AvgIpc) is 2.74. The van der Waals surface area contributed by atoms with Crippen molar-refractivity contribution in [3.63, 3.8) is 0 Å². The molecule has 2 nitrogen and oxygen atoms in total. The van der Waals surface area contributed by atoms with Crippen LogP contribution in [0.2, 0.25) is 0 Å². The third-order valence-corrected chi connectivity index (χ3v) is 3.54. The topological polar surface area (TPSA) is 25.2 Å². The van der Waals surface area contributed by atoms with E-state index in [-0.39, 0.29) is 11.9 Å². The molecule has 0 bridgehead atoms. The summed E-state index contributed by atoms with van der Waals surface area (Å²) in [4.78, 5) is 0. The van der Waals surface area contributed by atoms with Crippen molar-refractivity contribution < 1.29 is 8.81 Å². The van der Waals surface area contributed by atoms with Gasteiger partial charge in [0, 0.05) is 11.0 Å². The summed E-state index contributed by atoms with van der Waals surface area (Å²) in [5.41, 5.74) is 1.02. The molecule has 18 heavy (non-hydrogen) atoms. The molecule has 0 aliphatic carbocycles. The van der Waals surface area contributed by atoms with Crippen LogP contribution in [-0.2, 0) is 6.54 Å². The van der Waals surface area contributed by atoms with E-state index < -0.39 is 0 Å². The Hall–Kier alpha value is -1.13. The van der Waals surface area contributed by atoms with Gasteiger partial charge in [0.15, 0.2) is 0 Å². The molecule has 1 atom stereocenters. The van der Waals surface area contributed by atoms with Gasteiger partial charge in [-0.25, -0.2) is 4.39 Å². The van der Waals surface area contributed by atoms with Gasteiger partial charge >= 0.3 is 0 Å². The summed E-state index contributed by atoms with van der Waals surface area (Å²) in [5.74, 6) is 1.58. The first-order valence-corrected chi connectivity index (χ1v) is 6.59. The van der Waals surface area contributed by atoms with E-state index in [1.54, 1.807) is 6.07 Å². The van der Waals surface area contributed by atoms with Gasteiger partial charge < -0.3 is 9.73 Å². The molecule has 0 fully saturated rings. The Morgan fingerprint density at radius 1 is 1.33 bits per heavy atom. The zero-order chi connectivity index (χ0) is 13.1. The van der Waals surface area contributed by atoms with Gasteiger partial charge in [0.05, 0.1) is 6.04 Å². The predicted octanol–water partition coefficient (Wildman–Crippen LogP) is 4.34. The third-order valence-electron chi connectivity index (χ3n) is 2.80. The monoisotopic (exact) mass is 311 g/mol. The van der Waals surface area contributed by atoms with Crippen LogP contribution in [-0.4, -0.2) is 0 Å². The Labute approximate surface area is 114 Å². The Kier molecular flexibility index (Phi) is 4.19. The van der Waals surface area contributed by atoms with Crippen LogP contribution in [0.5, 0.6) is 0 Å². The first kappa shape index (κ1) is 13.3. The van der Waals surface area contributed by atoms with Crippen LogP contribution in [0, 0.1) is 12.7 Å². The van der Waals surface area contributed by atoms with Gasteiger partial charge in [-0.3, -0.25) is 0 Å². The molecular weight excluding hydrogens is 297 g/mol. The number of benzene rings is 1. The van der Waals surface area contributed by atoms with Crippen LogP contribution in [0.1, 0.15) is 30.0 Å². The molecule has 4 heteroatoms. The smallest absolute Gasteiger partial charge is 0.124 e. The molecule has 1 unspecified atom stereocenters. The maximum absolute atomic E-state index is 12.9. The summed E-state index contributed by atoms with van der Waals surface area (Å²) >= 11 is 3.35. The first-order valence-electron chi connectivity index (χ1n) is 5.80. The number of furan rings is 1. The molecule has 0 aliphatic rings. The molecule has 2 rings (SSSR count). The fraction of sp³-hybridized carbons (Fsp3) is 0.286. The van der Waals surface area contributed by atoms with Crippen LogP contribution in [0.15, 0.2) is 39.2 Å². The highest BCUT2D eigenvalue weighted by Gasteiger charge is 2.09. The minimum atomic E-state index is -0.236. The molecule has 2 aromatic rings. The van der Waals surface area contributed by atoms with Crippen molar-refractivity contribution in [1.29, 1.82) is 0 Å². The van der Waals surface area contributed by atoms with E-state index >= 15 is 0 Å². The van der Waals surface area contributed by atoms with Gasteiger partial charge in [0.1, 0.15) is 17.3 Å². The molecule has 0 amide bonds. The van der Waals surface area contributed by atoms with E-state index in [4.69, 9.17) is 4.42 Å². The van der Waals surface area contributed by atoms with Crippen molar-refractivity contribution in [2.45, 2.75) is 26.4 Å². The van der Waals surface area contributed by atoms with E-state index in [2.05, 4.69) is 21.2 Å². The second-order valence-electron chi connectivity index (χ2n) is 4.29. The molecular formula is C14H15BrFNO. The van der Waals surface area contributed by atoms with Crippen molar-refractivity contribution in [2.75, 3.05) is 0 Å². The summed E-state index contributed by atoms with van der Waals surface area (Å²) in [5, 5.41) is 3.34. The Morgan fingerprint density at radius 3 is 2.72 bits per heavy atom. The van der Waals surface area contributed by atoms with Crippen LogP contribution in [0.3, 0.4) is 0 Å². The Balaban J connectivity index is 1.99. The van der Waals surface area contributed by atoms with Crippen molar-refractivity contribution >= 4 is 15.9 Å². The number of aryl methyl sites for hydroxylation is 1. The van der Waals surface area contributed by atoms with Gasteiger partial charge in [-0.05, 0) is 43.7 Å². The lowest BCUT2D eigenvalue weighted by atomic mass is 10.2. The van der Waals surface area contributed by atoms with Crippen LogP contribution >= 0.6 is 15.9 Å². The number of nitrogens with one attached hydrogen (secondary N) is 1. The molecule has 1 N–H and O–H groups in total. The highest BCUT2D eigenvalue weighted by Crippen LogP contribution is 2.20. The number of halogens is 2. The molecule has 0 radical (unpaired) electrons. The first-order chi connectivity index (χ1) is 8.56. The number of rotatable bonds is 4. The average molecular weight is 312 g/mol. The maximum Gasteiger partial charge on any atom is 0.124 e. The predicted molar refractivity (Wildman–Crippen MR) is 72.8 cm³/mol. The highest BCUT2D eigenvalue weighted by atomic mass is 79.9. The van der Waals surface area contributed by atoms with Gasteiger partial charge in [-0.1, -0.05) is 22.0 Å². The van der Waals surface area contributed by atoms with Crippen molar-refractivity contribution in [3.8, 4) is 0 Å². The Bertz CT molecular complexity index is 538.